The van der Waals surface area contributed by atoms with Gasteiger partial charge in [-0.1, -0.05) is 5.21 Å². The highest BCUT2D eigenvalue weighted by atomic mass is 19.3. The smallest absolute Gasteiger partial charge is 0.306 e. The van der Waals surface area contributed by atoms with E-state index < -0.39 is 6.43 Å². The topological polar surface area (TPSA) is 93.4 Å². The lowest BCUT2D eigenvalue weighted by Crippen LogP contribution is -2.37. The number of esters is 1. The molecule has 0 spiro atoms. The number of hydrogen-bond acceptors (Lipinski definition) is 7. The molecule has 1 saturated heterocycles. The first-order valence-electron chi connectivity index (χ1n) is 9.64. The average molecular weight is 409 g/mol. The van der Waals surface area contributed by atoms with Gasteiger partial charge in [-0.15, -0.1) is 5.10 Å². The number of anilines is 1. The molecule has 0 amide bonds. The highest BCUT2D eigenvalue weighted by Crippen LogP contribution is 2.34. The maximum absolute atomic E-state index is 13.8. The maximum Gasteiger partial charge on any atom is 0.306 e. The molecule has 0 saturated carbocycles. The van der Waals surface area contributed by atoms with E-state index in [-0.39, 0.29) is 42.0 Å². The van der Waals surface area contributed by atoms with Crippen molar-refractivity contribution in [2.75, 3.05) is 24.6 Å². The molecule has 1 fully saturated rings. The van der Waals surface area contributed by atoms with Crippen LogP contribution in [0.15, 0.2) is 12.1 Å². The Morgan fingerprint density at radius 2 is 2.21 bits per heavy atom. The van der Waals surface area contributed by atoms with Gasteiger partial charge in [0.1, 0.15) is 11.4 Å². The minimum Gasteiger partial charge on any atom is -0.466 e. The number of piperidine rings is 1. The van der Waals surface area contributed by atoms with Crippen LogP contribution in [0.4, 0.5) is 14.5 Å². The highest BCUT2D eigenvalue weighted by Gasteiger charge is 2.28. The Bertz CT molecular complexity index is 858. The fourth-order valence-electron chi connectivity index (χ4n) is 3.69. The first-order valence-corrected chi connectivity index (χ1v) is 9.64. The number of pyridine rings is 1. The quantitative estimate of drug-likeness (QED) is 0.702. The molecule has 1 aliphatic heterocycles. The Morgan fingerprint density at radius 3 is 2.90 bits per heavy atom. The van der Waals surface area contributed by atoms with Gasteiger partial charge in [-0.3, -0.25) is 4.79 Å². The van der Waals surface area contributed by atoms with E-state index in [4.69, 9.17) is 4.74 Å². The Morgan fingerprint density at radius 1 is 1.41 bits per heavy atom. The van der Waals surface area contributed by atoms with Gasteiger partial charge in [-0.05, 0) is 37.8 Å². The van der Waals surface area contributed by atoms with E-state index in [9.17, 15) is 18.7 Å². The van der Waals surface area contributed by atoms with Gasteiger partial charge in [-0.25, -0.2) is 18.4 Å². The van der Waals surface area contributed by atoms with Gasteiger partial charge in [0, 0.05) is 20.1 Å². The number of carbonyl (C=O) groups excluding carboxylic acids is 1. The molecule has 3 rings (SSSR count). The van der Waals surface area contributed by atoms with Crippen molar-refractivity contribution in [1.29, 1.82) is 0 Å². The van der Waals surface area contributed by atoms with Gasteiger partial charge in [0.2, 0.25) is 0 Å². The van der Waals surface area contributed by atoms with Gasteiger partial charge < -0.3 is 14.7 Å². The van der Waals surface area contributed by atoms with Crippen LogP contribution < -0.4 is 4.90 Å². The van der Waals surface area contributed by atoms with Crippen LogP contribution in [0.2, 0.25) is 0 Å². The molecular formula is C19H25F2N5O3. The molecule has 2 aromatic rings. The van der Waals surface area contributed by atoms with Crippen LogP contribution in [-0.4, -0.2) is 50.8 Å². The van der Waals surface area contributed by atoms with Gasteiger partial charge in [-0.2, -0.15) is 0 Å². The van der Waals surface area contributed by atoms with Crippen LogP contribution >= 0.6 is 0 Å². The number of alkyl halides is 2. The molecule has 2 aromatic heterocycles. The van der Waals surface area contributed by atoms with Crippen LogP contribution in [0.25, 0.3) is 11.4 Å². The Labute approximate surface area is 167 Å². The van der Waals surface area contributed by atoms with Crippen molar-refractivity contribution in [2.24, 2.45) is 13.0 Å². The van der Waals surface area contributed by atoms with E-state index in [2.05, 4.69) is 15.3 Å². The summed E-state index contributed by atoms with van der Waals surface area (Å²) >= 11 is 0. The minimum atomic E-state index is -2.77. The minimum absolute atomic E-state index is 0.0500. The molecule has 8 nitrogen and oxygen atoms in total. The van der Waals surface area contributed by atoms with Crippen LogP contribution in [-0.2, 0) is 23.2 Å². The van der Waals surface area contributed by atoms with E-state index in [1.165, 1.54) is 4.68 Å². The fraction of sp³-hybridized carbons (Fsp3) is 0.579. The lowest BCUT2D eigenvalue weighted by Gasteiger charge is -2.35. The first-order chi connectivity index (χ1) is 13.9. The van der Waals surface area contributed by atoms with Crippen molar-refractivity contribution in [2.45, 2.75) is 39.2 Å². The average Bonchev–Trinajstić information content (AvgIpc) is 3.08. The molecule has 0 bridgehead atoms. The summed E-state index contributed by atoms with van der Waals surface area (Å²) in [5.41, 5.74) is 0.932. The Hall–Kier alpha value is -2.62. The standard InChI is InChI=1S/C19H25F2N5O3/c1-3-29-16(28)9-12-5-4-8-26(10-12)14-7-6-13(22-18(14)19(20)21)17-15(11-27)25(2)24-23-17/h6-7,12,19,27H,3-5,8-11H2,1-2H3/t12-/m1/s1. The molecule has 158 valence electrons. The van der Waals surface area contributed by atoms with Gasteiger partial charge >= 0.3 is 5.97 Å². The lowest BCUT2D eigenvalue weighted by atomic mass is 9.94. The van der Waals surface area contributed by atoms with Crippen LogP contribution in [0.3, 0.4) is 0 Å². The zero-order chi connectivity index (χ0) is 21.0. The summed E-state index contributed by atoms with van der Waals surface area (Å²) in [4.78, 5) is 17.8. The third-order valence-electron chi connectivity index (χ3n) is 5.06. The number of nitrogens with zero attached hydrogens (tertiary/aromatic N) is 5. The van der Waals surface area contributed by atoms with E-state index >= 15 is 0 Å². The van der Waals surface area contributed by atoms with Crippen LogP contribution in [0, 0.1) is 5.92 Å². The Kier molecular flexibility index (Phi) is 6.73. The number of aliphatic hydroxyl groups excluding tert-OH is 1. The molecule has 1 aliphatic rings. The van der Waals surface area contributed by atoms with Crippen LogP contribution in [0.1, 0.15) is 44.0 Å². The molecule has 1 N–H and O–H groups in total. The number of hydrogen-bond donors (Lipinski definition) is 1. The number of aliphatic hydroxyl groups is 1. The summed E-state index contributed by atoms with van der Waals surface area (Å²) in [7, 11) is 1.61. The first kappa shape index (κ1) is 21.1. The molecule has 1 atom stereocenters. The number of rotatable bonds is 7. The van der Waals surface area contributed by atoms with Crippen molar-refractivity contribution in [1.82, 2.24) is 20.0 Å². The maximum atomic E-state index is 13.8. The normalized spacial score (nSPS) is 17.0. The van der Waals surface area contributed by atoms with E-state index in [1.54, 1.807) is 26.1 Å². The predicted molar refractivity (Wildman–Crippen MR) is 101 cm³/mol. The van der Waals surface area contributed by atoms with Crippen molar-refractivity contribution >= 4 is 11.7 Å². The van der Waals surface area contributed by atoms with Gasteiger partial charge in [0.15, 0.2) is 0 Å². The molecule has 29 heavy (non-hydrogen) atoms. The summed E-state index contributed by atoms with van der Waals surface area (Å²) in [6, 6.07) is 3.21. The molecule has 0 aliphatic carbocycles. The van der Waals surface area contributed by atoms with Crippen LogP contribution in [0.5, 0.6) is 0 Å². The number of aromatic nitrogens is 4. The second kappa shape index (κ2) is 9.25. The van der Waals surface area contributed by atoms with E-state index in [0.717, 1.165) is 12.8 Å². The molecule has 10 heteroatoms. The zero-order valence-corrected chi connectivity index (χ0v) is 16.5. The summed E-state index contributed by atoms with van der Waals surface area (Å²) in [6.07, 6.45) is -0.846. The fourth-order valence-corrected chi connectivity index (χ4v) is 3.69. The third kappa shape index (κ3) is 4.69. The SMILES string of the molecule is CCOC(=O)C[C@H]1CCCN(c2ccc(-c3nnn(C)c3CO)nc2C(F)F)C1. The molecular weight excluding hydrogens is 384 g/mol. The lowest BCUT2D eigenvalue weighted by molar-refractivity contribution is -0.144. The number of ether oxygens (including phenoxy) is 1. The molecule has 3 heterocycles. The number of carbonyl (C=O) groups is 1. The van der Waals surface area contributed by atoms with Crippen molar-refractivity contribution in [3.8, 4) is 11.4 Å². The highest BCUT2D eigenvalue weighted by molar-refractivity contribution is 5.70. The monoisotopic (exact) mass is 409 g/mol. The summed E-state index contributed by atoms with van der Waals surface area (Å²) < 4.78 is 34.0. The van der Waals surface area contributed by atoms with Gasteiger partial charge in [0.25, 0.3) is 6.43 Å². The predicted octanol–water partition coefficient (Wildman–Crippen LogP) is 2.48. The molecule has 0 radical (unpaired) electrons. The molecule has 0 unspecified atom stereocenters. The number of aryl methyl sites for hydroxylation is 1. The second-order valence-electron chi connectivity index (χ2n) is 7.03. The van der Waals surface area contributed by atoms with Crippen molar-refractivity contribution < 1.29 is 23.4 Å². The Balaban J connectivity index is 1.86. The van der Waals surface area contributed by atoms with E-state index in [0.29, 0.717) is 31.1 Å². The summed E-state index contributed by atoms with van der Waals surface area (Å²) in [6.45, 7) is 2.87. The second-order valence-corrected chi connectivity index (χ2v) is 7.03. The summed E-state index contributed by atoms with van der Waals surface area (Å²) in [5.74, 6) is -0.213. The molecule has 0 aromatic carbocycles. The number of halogens is 2. The zero-order valence-electron chi connectivity index (χ0n) is 16.5. The van der Waals surface area contributed by atoms with Crippen molar-refractivity contribution in [3.05, 3.63) is 23.5 Å². The third-order valence-corrected chi connectivity index (χ3v) is 5.06. The summed E-state index contributed by atoms with van der Waals surface area (Å²) in [5, 5.41) is 17.3. The van der Waals surface area contributed by atoms with Crippen molar-refractivity contribution in [3.63, 3.8) is 0 Å². The van der Waals surface area contributed by atoms with E-state index in [1.807, 2.05) is 4.90 Å². The van der Waals surface area contributed by atoms with Gasteiger partial charge in [0.05, 0.1) is 36.7 Å². The largest absolute Gasteiger partial charge is 0.466 e.